The van der Waals surface area contributed by atoms with Crippen LogP contribution in [0.1, 0.15) is 96.2 Å². The van der Waals surface area contributed by atoms with Gasteiger partial charge < -0.3 is 25.1 Å². The highest BCUT2D eigenvalue weighted by atomic mass is 16.5. The van der Waals surface area contributed by atoms with Gasteiger partial charge in [0.1, 0.15) is 0 Å². The number of nitrogens with one attached hydrogen (secondary N) is 2. The Morgan fingerprint density at radius 3 is 2.52 bits per heavy atom. The van der Waals surface area contributed by atoms with Crippen molar-refractivity contribution >= 4 is 12.0 Å². The number of carbonyl (C=O) groups is 2. The van der Waals surface area contributed by atoms with Gasteiger partial charge in [0.15, 0.2) is 5.82 Å². The number of carboxylic acids is 1. The second-order valence-electron chi connectivity index (χ2n) is 9.24. The molecule has 8 nitrogen and oxygen atoms in total. The summed E-state index contributed by atoms with van der Waals surface area (Å²) in [6.07, 6.45) is 8.80. The Morgan fingerprint density at radius 1 is 1.24 bits per heavy atom. The summed E-state index contributed by atoms with van der Waals surface area (Å²) in [6.45, 7) is 7.08. The van der Waals surface area contributed by atoms with Gasteiger partial charge in [0.05, 0.1) is 6.54 Å². The number of nitrogens with zero attached hydrogens (tertiary/aromatic N) is 2. The lowest BCUT2D eigenvalue weighted by molar-refractivity contribution is -0.306. The van der Waals surface area contributed by atoms with Crippen molar-refractivity contribution in [1.29, 1.82) is 0 Å². The molecular weight excluding hydrogens is 372 g/mol. The molecule has 1 atom stereocenters. The molecule has 1 aromatic heterocycles. The summed E-state index contributed by atoms with van der Waals surface area (Å²) in [6, 6.07) is -0.345. The van der Waals surface area contributed by atoms with E-state index in [4.69, 9.17) is 4.52 Å². The summed E-state index contributed by atoms with van der Waals surface area (Å²) in [5.41, 5.74) is 0.523. The highest BCUT2D eigenvalue weighted by Crippen LogP contribution is 2.53. The Labute approximate surface area is 173 Å². The van der Waals surface area contributed by atoms with Gasteiger partial charge in [-0.25, -0.2) is 4.79 Å². The molecule has 8 heteroatoms. The van der Waals surface area contributed by atoms with E-state index < -0.39 is 5.97 Å². The molecule has 1 aromatic rings. The number of aliphatic carboxylic acids is 1. The third-order valence-corrected chi connectivity index (χ3v) is 6.49. The SMILES string of the molecule is CNC(=O)NCc1noc(C(CCCC2(C(C)(C)C)CCCCC2)CC(=O)[O-])n1. The molecule has 0 aromatic carbocycles. The van der Waals surface area contributed by atoms with Crippen molar-refractivity contribution in [1.82, 2.24) is 20.8 Å². The molecule has 2 N–H and O–H groups in total. The lowest BCUT2D eigenvalue weighted by Crippen LogP contribution is -2.37. The molecule has 0 bridgehead atoms. The molecule has 0 radical (unpaired) electrons. The first-order chi connectivity index (χ1) is 13.7. The van der Waals surface area contributed by atoms with Crippen molar-refractivity contribution in [2.45, 2.75) is 91.0 Å². The van der Waals surface area contributed by atoms with Crippen molar-refractivity contribution in [3.8, 4) is 0 Å². The number of hydrogen-bond donors (Lipinski definition) is 2. The minimum Gasteiger partial charge on any atom is -0.550 e. The smallest absolute Gasteiger partial charge is 0.314 e. The van der Waals surface area contributed by atoms with E-state index in [1.807, 2.05) is 0 Å². The number of rotatable bonds is 9. The fraction of sp³-hybridized carbons (Fsp3) is 0.810. The van der Waals surface area contributed by atoms with Crippen LogP contribution in [0, 0.1) is 10.8 Å². The molecule has 2 amide bonds. The van der Waals surface area contributed by atoms with Gasteiger partial charge in [-0.3, -0.25) is 0 Å². The van der Waals surface area contributed by atoms with E-state index in [2.05, 4.69) is 41.5 Å². The zero-order chi connectivity index (χ0) is 21.5. The summed E-state index contributed by atoms with van der Waals surface area (Å²) in [4.78, 5) is 26.8. The molecule has 0 spiro atoms. The third kappa shape index (κ3) is 6.44. The molecule has 29 heavy (non-hydrogen) atoms. The number of aromatic nitrogens is 2. The van der Waals surface area contributed by atoms with E-state index in [1.54, 1.807) is 0 Å². The standard InChI is InChI=1S/C21H36N4O4/c1-20(2,3)21(10-6-5-7-11-21)12-8-9-15(13-17(26)27)18-24-16(25-29-18)14-23-19(28)22-4/h15H,5-14H2,1-4H3,(H,26,27)(H2,22,23,28)/p-1. The molecule has 1 heterocycles. The van der Waals surface area contributed by atoms with E-state index in [0.29, 0.717) is 23.6 Å². The summed E-state index contributed by atoms with van der Waals surface area (Å²) in [7, 11) is 1.52. The Bertz CT molecular complexity index is 674. The average molecular weight is 408 g/mol. The van der Waals surface area contributed by atoms with Crippen LogP contribution in [0.3, 0.4) is 0 Å². The Morgan fingerprint density at radius 2 is 1.93 bits per heavy atom. The summed E-state index contributed by atoms with van der Waals surface area (Å²) >= 11 is 0. The molecule has 2 rings (SSSR count). The maximum Gasteiger partial charge on any atom is 0.314 e. The summed E-state index contributed by atoms with van der Waals surface area (Å²) < 4.78 is 5.30. The maximum absolute atomic E-state index is 11.3. The van der Waals surface area contributed by atoms with Crippen molar-refractivity contribution < 1.29 is 19.2 Å². The quantitative estimate of drug-likeness (QED) is 0.649. The fourth-order valence-electron chi connectivity index (χ4n) is 4.56. The lowest BCUT2D eigenvalue weighted by atomic mass is 9.57. The van der Waals surface area contributed by atoms with Gasteiger partial charge in [0, 0.05) is 18.9 Å². The molecule has 1 aliphatic rings. The first-order valence-corrected chi connectivity index (χ1v) is 10.6. The molecule has 1 aliphatic carbocycles. The van der Waals surface area contributed by atoms with Crippen LogP contribution in [0.4, 0.5) is 4.79 Å². The topological polar surface area (TPSA) is 120 Å². The molecule has 1 unspecified atom stereocenters. The Balaban J connectivity index is 2.01. The van der Waals surface area contributed by atoms with E-state index in [1.165, 1.54) is 39.2 Å². The minimum absolute atomic E-state index is 0.119. The van der Waals surface area contributed by atoms with Gasteiger partial charge >= 0.3 is 6.03 Å². The zero-order valence-corrected chi connectivity index (χ0v) is 18.2. The largest absolute Gasteiger partial charge is 0.550 e. The van der Waals surface area contributed by atoms with Crippen LogP contribution in [0.5, 0.6) is 0 Å². The zero-order valence-electron chi connectivity index (χ0n) is 18.2. The molecular formula is C21H35N4O4-. The van der Waals surface area contributed by atoms with E-state index in [0.717, 1.165) is 12.8 Å². The van der Waals surface area contributed by atoms with Crippen LogP contribution < -0.4 is 15.7 Å². The first kappa shape index (κ1) is 23.2. The Kier molecular flexibility index (Phi) is 8.05. The predicted octanol–water partition coefficient (Wildman–Crippen LogP) is 2.89. The monoisotopic (exact) mass is 407 g/mol. The predicted molar refractivity (Wildman–Crippen MR) is 107 cm³/mol. The van der Waals surface area contributed by atoms with Crippen molar-refractivity contribution in [2.75, 3.05) is 7.05 Å². The second kappa shape index (κ2) is 10.1. The van der Waals surface area contributed by atoms with E-state index in [-0.39, 0.29) is 30.3 Å². The highest BCUT2D eigenvalue weighted by molar-refractivity contribution is 5.73. The maximum atomic E-state index is 11.3. The van der Waals surface area contributed by atoms with Gasteiger partial charge in [-0.05, 0) is 42.9 Å². The minimum atomic E-state index is -1.12. The van der Waals surface area contributed by atoms with Crippen molar-refractivity contribution in [3.63, 3.8) is 0 Å². The van der Waals surface area contributed by atoms with Gasteiger partial charge in [-0.2, -0.15) is 4.98 Å². The van der Waals surface area contributed by atoms with Crippen LogP contribution in [0.15, 0.2) is 4.52 Å². The van der Waals surface area contributed by atoms with Crippen LogP contribution in [-0.4, -0.2) is 29.2 Å². The van der Waals surface area contributed by atoms with Gasteiger partial charge in [-0.1, -0.05) is 51.6 Å². The van der Waals surface area contributed by atoms with Crippen LogP contribution in [-0.2, 0) is 11.3 Å². The third-order valence-electron chi connectivity index (χ3n) is 6.49. The van der Waals surface area contributed by atoms with E-state index >= 15 is 0 Å². The number of hydrogen-bond acceptors (Lipinski definition) is 6. The van der Waals surface area contributed by atoms with Gasteiger partial charge in [0.2, 0.25) is 5.89 Å². The summed E-state index contributed by atoms with van der Waals surface area (Å²) in [5.74, 6) is -0.870. The van der Waals surface area contributed by atoms with Crippen LogP contribution in [0.25, 0.3) is 0 Å². The molecule has 1 saturated carbocycles. The molecule has 0 saturated heterocycles. The number of carbonyl (C=O) groups excluding carboxylic acids is 2. The first-order valence-electron chi connectivity index (χ1n) is 10.6. The van der Waals surface area contributed by atoms with Gasteiger partial charge in [-0.15, -0.1) is 0 Å². The van der Waals surface area contributed by atoms with Crippen LogP contribution >= 0.6 is 0 Å². The summed E-state index contributed by atoms with van der Waals surface area (Å²) in [5, 5.41) is 20.2. The van der Waals surface area contributed by atoms with Crippen molar-refractivity contribution in [2.24, 2.45) is 10.8 Å². The van der Waals surface area contributed by atoms with E-state index in [9.17, 15) is 14.7 Å². The number of urea groups is 1. The van der Waals surface area contributed by atoms with Gasteiger partial charge in [0.25, 0.3) is 0 Å². The molecule has 164 valence electrons. The lowest BCUT2D eigenvalue weighted by Gasteiger charge is -2.48. The normalized spacial score (nSPS) is 17.5. The Hall–Kier alpha value is -2.12. The number of carboxylic acid groups (broad SMARTS) is 1. The second-order valence-corrected chi connectivity index (χ2v) is 9.24. The van der Waals surface area contributed by atoms with Crippen LogP contribution in [0.2, 0.25) is 0 Å². The molecule has 1 fully saturated rings. The fourth-order valence-corrected chi connectivity index (χ4v) is 4.56. The number of amides is 2. The molecule has 0 aliphatic heterocycles. The van der Waals surface area contributed by atoms with Crippen molar-refractivity contribution in [3.05, 3.63) is 11.7 Å². The average Bonchev–Trinajstić information content (AvgIpc) is 3.14. The highest BCUT2D eigenvalue weighted by Gasteiger charge is 2.41.